The normalized spacial score (nSPS) is 11.6. The highest BCUT2D eigenvalue weighted by Crippen LogP contribution is 2.50. The van der Waals surface area contributed by atoms with E-state index in [-0.39, 0.29) is 0 Å². The highest BCUT2D eigenvalue weighted by atomic mass is 16.5. The summed E-state index contributed by atoms with van der Waals surface area (Å²) in [5, 5.41) is 4.75. The Morgan fingerprint density at radius 1 is 0.266 bits per heavy atom. The van der Waals surface area contributed by atoms with Gasteiger partial charge >= 0.3 is 0 Å². The fraction of sp³-hybridized carbons (Fsp3) is 0. The minimum absolute atomic E-state index is 0.889. The van der Waals surface area contributed by atoms with Crippen molar-refractivity contribution in [1.29, 1.82) is 0 Å². The van der Waals surface area contributed by atoms with Crippen molar-refractivity contribution in [3.8, 4) is 78.3 Å². The molecule has 1 heterocycles. The largest absolute Gasteiger partial charge is 0.456 e. The topological polar surface area (TPSA) is 12.5 Å². The average molecular weight is 816 g/mol. The second-order valence-electron chi connectivity index (χ2n) is 16.4. The lowest BCUT2D eigenvalue weighted by Gasteiger charge is -2.29. The summed E-state index contributed by atoms with van der Waals surface area (Å²) >= 11 is 0. The van der Waals surface area contributed by atoms with E-state index in [2.05, 4.69) is 248 Å². The minimum Gasteiger partial charge on any atom is -0.456 e. The van der Waals surface area contributed by atoms with E-state index in [4.69, 9.17) is 4.74 Å². The molecule has 1 aliphatic rings. The Kier molecular flexibility index (Phi) is 9.20. The van der Waals surface area contributed by atoms with Crippen LogP contribution in [0.25, 0.3) is 88.3 Å². The molecule has 0 saturated heterocycles. The molecule has 0 unspecified atom stereocenters. The molecule has 64 heavy (non-hydrogen) atoms. The molecule has 0 aromatic heterocycles. The standard InChI is InChI=1S/C62H41NO/c1-3-16-43(17-4-1)51-37-34-46(41-58(51)45-18-5-2-6-19-45)42-32-35-48(36-33-42)63(59-30-11-9-25-54(59)53-27-14-21-44-20-7-8-24-50(44)53)49-23-13-22-47(40-49)52-38-39-61-62-56(52)28-15-29-57(62)55-26-10-12-31-60(55)64-61/h1-41H. The fourth-order valence-electron chi connectivity index (χ4n) is 9.68. The summed E-state index contributed by atoms with van der Waals surface area (Å²) in [6.45, 7) is 0. The molecule has 0 amide bonds. The van der Waals surface area contributed by atoms with Crippen molar-refractivity contribution in [2.45, 2.75) is 0 Å². The highest BCUT2D eigenvalue weighted by Gasteiger charge is 2.23. The van der Waals surface area contributed by atoms with Gasteiger partial charge in [0.15, 0.2) is 0 Å². The molecular formula is C62H41NO. The first-order valence-electron chi connectivity index (χ1n) is 21.9. The molecule has 11 aromatic carbocycles. The third-order valence-corrected chi connectivity index (χ3v) is 12.7. The van der Waals surface area contributed by atoms with Gasteiger partial charge in [-0.1, -0.05) is 200 Å². The number of hydrogen-bond acceptors (Lipinski definition) is 2. The molecule has 0 fully saturated rings. The second kappa shape index (κ2) is 15.8. The molecule has 0 radical (unpaired) electrons. The monoisotopic (exact) mass is 815 g/mol. The lowest BCUT2D eigenvalue weighted by Crippen LogP contribution is -2.11. The molecule has 0 spiro atoms. The van der Waals surface area contributed by atoms with Crippen molar-refractivity contribution in [2.24, 2.45) is 0 Å². The predicted molar refractivity (Wildman–Crippen MR) is 269 cm³/mol. The number of nitrogens with zero attached hydrogens (tertiary/aromatic N) is 1. The summed E-state index contributed by atoms with van der Waals surface area (Å²) in [6, 6.07) is 89.7. The number of ether oxygens (including phenoxy) is 1. The van der Waals surface area contributed by atoms with Gasteiger partial charge in [-0.05, 0) is 120 Å². The Labute approximate surface area is 373 Å². The van der Waals surface area contributed by atoms with Gasteiger partial charge in [-0.25, -0.2) is 0 Å². The van der Waals surface area contributed by atoms with Gasteiger partial charge in [0.2, 0.25) is 0 Å². The van der Waals surface area contributed by atoms with Gasteiger partial charge in [0.25, 0.3) is 0 Å². The molecule has 2 nitrogen and oxygen atoms in total. The SMILES string of the molecule is c1ccc(-c2ccc(-c3ccc(N(c4cccc(-c5ccc6c7c(cccc57)-c5ccccc5O6)c4)c4ccccc4-c4cccc5ccccc45)cc3)cc2-c2ccccc2)cc1. The van der Waals surface area contributed by atoms with Crippen LogP contribution in [0, 0.1) is 0 Å². The summed E-state index contributed by atoms with van der Waals surface area (Å²) in [7, 11) is 0. The molecular weight excluding hydrogens is 775 g/mol. The number of hydrogen-bond donors (Lipinski definition) is 0. The number of para-hydroxylation sites is 2. The van der Waals surface area contributed by atoms with Crippen molar-refractivity contribution in [1.82, 2.24) is 0 Å². The minimum atomic E-state index is 0.889. The Bertz CT molecular complexity index is 3510. The summed E-state index contributed by atoms with van der Waals surface area (Å²) in [4.78, 5) is 2.42. The first-order valence-corrected chi connectivity index (χ1v) is 21.9. The Hall–Kier alpha value is -8.46. The van der Waals surface area contributed by atoms with Crippen LogP contribution in [0.3, 0.4) is 0 Å². The van der Waals surface area contributed by atoms with E-state index < -0.39 is 0 Å². The summed E-state index contributed by atoms with van der Waals surface area (Å²) in [6.07, 6.45) is 0. The zero-order chi connectivity index (χ0) is 42.4. The van der Waals surface area contributed by atoms with E-state index in [1.807, 2.05) is 6.07 Å². The van der Waals surface area contributed by atoms with E-state index in [1.165, 1.54) is 55.1 Å². The lowest BCUT2D eigenvalue weighted by atomic mass is 9.90. The van der Waals surface area contributed by atoms with Crippen LogP contribution in [0.15, 0.2) is 249 Å². The fourth-order valence-corrected chi connectivity index (χ4v) is 9.68. The van der Waals surface area contributed by atoms with Crippen molar-refractivity contribution >= 4 is 38.6 Å². The van der Waals surface area contributed by atoms with E-state index in [0.717, 1.165) is 61.8 Å². The van der Waals surface area contributed by atoms with Crippen LogP contribution in [0.4, 0.5) is 17.1 Å². The first kappa shape index (κ1) is 37.3. The maximum Gasteiger partial charge on any atom is 0.135 e. The molecule has 0 saturated carbocycles. The molecule has 0 atom stereocenters. The van der Waals surface area contributed by atoms with E-state index in [1.54, 1.807) is 0 Å². The average Bonchev–Trinajstić information content (AvgIpc) is 3.37. The number of benzene rings is 11. The molecule has 12 rings (SSSR count). The number of anilines is 3. The molecule has 0 N–H and O–H groups in total. The molecule has 0 bridgehead atoms. The van der Waals surface area contributed by atoms with Crippen molar-refractivity contribution in [3.05, 3.63) is 249 Å². The van der Waals surface area contributed by atoms with E-state index in [0.29, 0.717) is 0 Å². The smallest absolute Gasteiger partial charge is 0.135 e. The Morgan fingerprint density at radius 2 is 0.859 bits per heavy atom. The van der Waals surface area contributed by atoms with Crippen molar-refractivity contribution in [2.75, 3.05) is 4.90 Å². The van der Waals surface area contributed by atoms with Gasteiger partial charge in [-0.3, -0.25) is 0 Å². The third kappa shape index (κ3) is 6.52. The van der Waals surface area contributed by atoms with Crippen LogP contribution >= 0.6 is 0 Å². The second-order valence-corrected chi connectivity index (χ2v) is 16.4. The summed E-state index contributed by atoms with van der Waals surface area (Å²) in [5.74, 6) is 1.78. The molecule has 2 heteroatoms. The zero-order valence-corrected chi connectivity index (χ0v) is 35.0. The van der Waals surface area contributed by atoms with Gasteiger partial charge < -0.3 is 9.64 Å². The molecule has 11 aromatic rings. The van der Waals surface area contributed by atoms with E-state index in [9.17, 15) is 0 Å². The Morgan fingerprint density at radius 3 is 1.70 bits per heavy atom. The van der Waals surface area contributed by atoms with Crippen LogP contribution in [0.5, 0.6) is 11.5 Å². The van der Waals surface area contributed by atoms with Gasteiger partial charge in [-0.15, -0.1) is 0 Å². The van der Waals surface area contributed by atoms with Crippen LogP contribution in [-0.2, 0) is 0 Å². The van der Waals surface area contributed by atoms with Crippen molar-refractivity contribution in [3.63, 3.8) is 0 Å². The summed E-state index contributed by atoms with van der Waals surface area (Å²) < 4.78 is 6.49. The van der Waals surface area contributed by atoms with Gasteiger partial charge in [0, 0.05) is 27.9 Å². The first-order chi connectivity index (χ1) is 31.7. The number of fused-ring (bicyclic) bond motifs is 3. The maximum atomic E-state index is 6.49. The Balaban J connectivity index is 1.01. The van der Waals surface area contributed by atoms with Crippen LogP contribution in [-0.4, -0.2) is 0 Å². The van der Waals surface area contributed by atoms with Crippen molar-refractivity contribution < 1.29 is 4.74 Å². The van der Waals surface area contributed by atoms with Crippen LogP contribution in [0.1, 0.15) is 0 Å². The van der Waals surface area contributed by atoms with Gasteiger partial charge in [0.1, 0.15) is 11.5 Å². The molecule has 0 aliphatic carbocycles. The van der Waals surface area contributed by atoms with Gasteiger partial charge in [-0.2, -0.15) is 0 Å². The quantitative estimate of drug-likeness (QED) is 0.151. The zero-order valence-electron chi connectivity index (χ0n) is 35.0. The molecule has 1 aliphatic heterocycles. The van der Waals surface area contributed by atoms with Gasteiger partial charge in [0.05, 0.1) is 5.69 Å². The lowest BCUT2D eigenvalue weighted by molar-refractivity contribution is 0.487. The molecule has 300 valence electrons. The predicted octanol–water partition coefficient (Wildman–Crippen LogP) is 17.6. The highest BCUT2D eigenvalue weighted by molar-refractivity contribution is 6.10. The number of rotatable bonds is 8. The van der Waals surface area contributed by atoms with Crippen LogP contribution in [0.2, 0.25) is 0 Å². The summed E-state index contributed by atoms with van der Waals surface area (Å²) in [5.41, 5.74) is 17.4. The maximum absolute atomic E-state index is 6.49. The third-order valence-electron chi connectivity index (χ3n) is 12.7. The van der Waals surface area contributed by atoms with E-state index >= 15 is 0 Å². The van der Waals surface area contributed by atoms with Crippen LogP contribution < -0.4 is 9.64 Å².